The summed E-state index contributed by atoms with van der Waals surface area (Å²) >= 11 is 6.06. The molecule has 3 rings (SSSR count). The summed E-state index contributed by atoms with van der Waals surface area (Å²) in [6.45, 7) is 4.77. The van der Waals surface area contributed by atoms with E-state index in [-0.39, 0.29) is 18.4 Å². The number of nitrogens with one attached hydrogen (secondary N) is 1. The molecule has 6 heteroatoms. The molecule has 1 N–H and O–H groups in total. The van der Waals surface area contributed by atoms with Crippen LogP contribution in [0.2, 0.25) is 5.02 Å². The van der Waals surface area contributed by atoms with Crippen molar-refractivity contribution in [3.8, 4) is 5.75 Å². The number of hydrogen-bond donors (Lipinski definition) is 1. The van der Waals surface area contributed by atoms with Gasteiger partial charge in [-0.1, -0.05) is 91.2 Å². The van der Waals surface area contributed by atoms with Gasteiger partial charge in [0.2, 0.25) is 5.91 Å². The SMILES string of the molecule is CCCCNC(=O)[C@@H](Cc1ccccc1)N(Cc1cccc(C)c1)C(=O)COc1cccc(Cl)c1. The summed E-state index contributed by atoms with van der Waals surface area (Å²) in [6.07, 6.45) is 2.27. The molecule has 0 heterocycles. The van der Waals surface area contributed by atoms with Crippen LogP contribution in [0.25, 0.3) is 0 Å². The first kappa shape index (κ1) is 26.3. The van der Waals surface area contributed by atoms with Gasteiger partial charge in [-0.15, -0.1) is 0 Å². The Morgan fingerprint density at radius 3 is 2.43 bits per heavy atom. The van der Waals surface area contributed by atoms with Gasteiger partial charge in [0.05, 0.1) is 0 Å². The van der Waals surface area contributed by atoms with E-state index >= 15 is 0 Å². The quantitative estimate of drug-likeness (QED) is 0.335. The number of nitrogens with zero attached hydrogens (tertiary/aromatic N) is 1. The van der Waals surface area contributed by atoms with Crippen LogP contribution in [0.5, 0.6) is 5.75 Å². The minimum atomic E-state index is -0.676. The molecule has 5 nitrogen and oxygen atoms in total. The summed E-state index contributed by atoms with van der Waals surface area (Å²) in [5, 5.41) is 3.56. The maximum absolute atomic E-state index is 13.5. The number of ether oxygens (including phenoxy) is 1. The van der Waals surface area contributed by atoms with E-state index in [2.05, 4.69) is 12.2 Å². The fraction of sp³-hybridized carbons (Fsp3) is 0.310. The highest BCUT2D eigenvalue weighted by Gasteiger charge is 2.30. The average Bonchev–Trinajstić information content (AvgIpc) is 2.85. The van der Waals surface area contributed by atoms with Gasteiger partial charge in [0, 0.05) is 24.5 Å². The molecule has 0 radical (unpaired) electrons. The lowest BCUT2D eigenvalue weighted by atomic mass is 10.0. The van der Waals surface area contributed by atoms with E-state index in [1.807, 2.05) is 61.5 Å². The number of halogens is 1. The molecule has 2 amide bonds. The van der Waals surface area contributed by atoms with Gasteiger partial charge in [-0.05, 0) is 42.7 Å². The molecule has 0 bridgehead atoms. The molecule has 0 aromatic heterocycles. The van der Waals surface area contributed by atoms with E-state index in [0.717, 1.165) is 29.5 Å². The first-order valence-corrected chi connectivity index (χ1v) is 12.4. The number of carbonyl (C=O) groups is 2. The smallest absolute Gasteiger partial charge is 0.261 e. The number of hydrogen-bond acceptors (Lipinski definition) is 3. The van der Waals surface area contributed by atoms with E-state index in [1.54, 1.807) is 29.2 Å². The van der Waals surface area contributed by atoms with Crippen molar-refractivity contribution in [2.24, 2.45) is 0 Å². The van der Waals surface area contributed by atoms with Crippen LogP contribution in [0.15, 0.2) is 78.9 Å². The zero-order valence-electron chi connectivity index (χ0n) is 20.4. The molecular formula is C29H33ClN2O3. The van der Waals surface area contributed by atoms with Crippen LogP contribution >= 0.6 is 11.6 Å². The first-order chi connectivity index (χ1) is 17.0. The fourth-order valence-corrected chi connectivity index (χ4v) is 4.03. The van der Waals surface area contributed by atoms with Crippen molar-refractivity contribution in [2.75, 3.05) is 13.2 Å². The van der Waals surface area contributed by atoms with Crippen LogP contribution in [-0.2, 0) is 22.6 Å². The summed E-state index contributed by atoms with van der Waals surface area (Å²) in [5.74, 6) is 0.0810. The highest BCUT2D eigenvalue weighted by atomic mass is 35.5. The minimum Gasteiger partial charge on any atom is -0.484 e. The third-order valence-electron chi connectivity index (χ3n) is 5.69. The van der Waals surface area contributed by atoms with Crippen LogP contribution in [0.1, 0.15) is 36.5 Å². The van der Waals surface area contributed by atoms with Gasteiger partial charge in [-0.2, -0.15) is 0 Å². The molecule has 0 unspecified atom stereocenters. The van der Waals surface area contributed by atoms with E-state index in [0.29, 0.717) is 30.3 Å². The van der Waals surface area contributed by atoms with Crippen molar-refractivity contribution >= 4 is 23.4 Å². The minimum absolute atomic E-state index is 0.161. The third kappa shape index (κ3) is 8.45. The second kappa shape index (κ2) is 13.5. The van der Waals surface area contributed by atoms with Crippen LogP contribution in [0.3, 0.4) is 0 Å². The summed E-state index contributed by atoms with van der Waals surface area (Å²) in [5.41, 5.74) is 3.04. The normalized spacial score (nSPS) is 11.5. The maximum Gasteiger partial charge on any atom is 0.261 e. The lowest BCUT2D eigenvalue weighted by Crippen LogP contribution is -2.51. The van der Waals surface area contributed by atoms with Crippen LogP contribution in [0.4, 0.5) is 0 Å². The van der Waals surface area contributed by atoms with Gasteiger partial charge in [0.25, 0.3) is 5.91 Å². The predicted molar refractivity (Wildman–Crippen MR) is 141 cm³/mol. The number of rotatable bonds is 12. The van der Waals surface area contributed by atoms with Gasteiger partial charge < -0.3 is 15.0 Å². The predicted octanol–water partition coefficient (Wildman–Crippen LogP) is 5.58. The summed E-state index contributed by atoms with van der Waals surface area (Å²) in [7, 11) is 0. The Balaban J connectivity index is 1.88. The van der Waals surface area contributed by atoms with Crippen molar-refractivity contribution < 1.29 is 14.3 Å². The molecular weight excluding hydrogens is 460 g/mol. The van der Waals surface area contributed by atoms with E-state index in [9.17, 15) is 9.59 Å². The Kier molecular flexibility index (Phi) is 10.2. The molecule has 0 aliphatic rings. The highest BCUT2D eigenvalue weighted by molar-refractivity contribution is 6.30. The second-order valence-electron chi connectivity index (χ2n) is 8.61. The van der Waals surface area contributed by atoms with E-state index < -0.39 is 6.04 Å². The van der Waals surface area contributed by atoms with E-state index in [1.165, 1.54) is 0 Å². The second-order valence-corrected chi connectivity index (χ2v) is 9.04. The number of benzene rings is 3. The Bertz CT molecular complexity index is 1100. The van der Waals surface area contributed by atoms with Crippen molar-refractivity contribution in [3.05, 3.63) is 101 Å². The number of aryl methyl sites for hydroxylation is 1. The fourth-order valence-electron chi connectivity index (χ4n) is 3.85. The highest BCUT2D eigenvalue weighted by Crippen LogP contribution is 2.19. The largest absolute Gasteiger partial charge is 0.484 e. The number of unbranched alkanes of at least 4 members (excludes halogenated alkanes) is 1. The van der Waals surface area contributed by atoms with Crippen LogP contribution < -0.4 is 10.1 Å². The summed E-state index contributed by atoms with van der Waals surface area (Å²) in [4.78, 5) is 28.6. The Hall–Kier alpha value is -3.31. The number of carbonyl (C=O) groups excluding carboxylic acids is 2. The molecule has 0 saturated carbocycles. The average molecular weight is 493 g/mol. The maximum atomic E-state index is 13.5. The van der Waals surface area contributed by atoms with Gasteiger partial charge in [-0.3, -0.25) is 9.59 Å². The molecule has 0 spiro atoms. The monoisotopic (exact) mass is 492 g/mol. The van der Waals surface area contributed by atoms with Crippen molar-refractivity contribution in [1.29, 1.82) is 0 Å². The molecule has 184 valence electrons. The molecule has 35 heavy (non-hydrogen) atoms. The Labute approximate surface area is 213 Å². The first-order valence-electron chi connectivity index (χ1n) is 12.0. The molecule has 3 aromatic carbocycles. The molecule has 0 aliphatic heterocycles. The standard InChI is InChI=1S/C29H33ClN2O3/c1-3-4-16-31-29(34)27(18-23-11-6-5-7-12-23)32(20-24-13-8-10-22(2)17-24)28(33)21-35-26-15-9-14-25(30)19-26/h5-15,17,19,27H,3-4,16,18,20-21H2,1-2H3,(H,31,34)/t27-/m1/s1. The molecule has 0 aliphatic carbocycles. The Morgan fingerprint density at radius 1 is 0.971 bits per heavy atom. The van der Waals surface area contributed by atoms with Gasteiger partial charge >= 0.3 is 0 Å². The van der Waals surface area contributed by atoms with Crippen LogP contribution in [-0.4, -0.2) is 35.9 Å². The summed E-state index contributed by atoms with van der Waals surface area (Å²) < 4.78 is 5.76. The topological polar surface area (TPSA) is 58.6 Å². The molecule has 0 fully saturated rings. The lowest BCUT2D eigenvalue weighted by molar-refractivity contribution is -0.142. The zero-order chi connectivity index (χ0) is 25.0. The zero-order valence-corrected chi connectivity index (χ0v) is 21.1. The van der Waals surface area contributed by atoms with E-state index in [4.69, 9.17) is 16.3 Å². The van der Waals surface area contributed by atoms with Crippen molar-refractivity contribution in [2.45, 2.75) is 45.7 Å². The molecule has 0 saturated heterocycles. The van der Waals surface area contributed by atoms with Gasteiger partial charge in [-0.25, -0.2) is 0 Å². The van der Waals surface area contributed by atoms with Crippen molar-refractivity contribution in [1.82, 2.24) is 10.2 Å². The van der Waals surface area contributed by atoms with Gasteiger partial charge in [0.1, 0.15) is 11.8 Å². The number of amides is 2. The van der Waals surface area contributed by atoms with Crippen LogP contribution in [0, 0.1) is 6.92 Å². The molecule has 3 aromatic rings. The van der Waals surface area contributed by atoms with Crippen molar-refractivity contribution in [3.63, 3.8) is 0 Å². The third-order valence-corrected chi connectivity index (χ3v) is 5.93. The van der Waals surface area contributed by atoms with Gasteiger partial charge in [0.15, 0.2) is 6.61 Å². The lowest BCUT2D eigenvalue weighted by Gasteiger charge is -2.31. The summed E-state index contributed by atoms with van der Waals surface area (Å²) in [6, 6.07) is 24.0. The molecule has 1 atom stereocenters. The Morgan fingerprint density at radius 2 is 1.71 bits per heavy atom.